The van der Waals surface area contributed by atoms with Crippen molar-refractivity contribution in [2.75, 3.05) is 0 Å². The van der Waals surface area contributed by atoms with E-state index in [-0.39, 0.29) is 18.6 Å². The molecule has 0 saturated heterocycles. The molecule has 2 fully saturated rings. The Bertz CT molecular complexity index is 101. The fourth-order valence-electron chi connectivity index (χ4n) is 0.642. The third-order valence-electron chi connectivity index (χ3n) is 1.11. The second-order valence-electron chi connectivity index (χ2n) is 2.02. The van der Waals surface area contributed by atoms with Crippen molar-refractivity contribution in [2.24, 2.45) is 0 Å². The minimum absolute atomic E-state index is 0. The number of rotatable bonds is 0. The molecule has 0 bridgehead atoms. The van der Waals surface area contributed by atoms with Gasteiger partial charge in [0.15, 0.2) is 0 Å². The van der Waals surface area contributed by atoms with Gasteiger partial charge >= 0.3 is 44.8 Å². The molecular weight excluding hydrogens is 276 g/mol. The Balaban J connectivity index is 0. The largest absolute Gasteiger partial charge is 4.00 e. The summed E-state index contributed by atoms with van der Waals surface area (Å²) in [5.41, 5.74) is 0. The summed E-state index contributed by atoms with van der Waals surface area (Å²) in [6.07, 6.45) is 20.0. The molecule has 0 unspecified atom stereocenters. The molecule has 14 heavy (non-hydrogen) atoms. The Morgan fingerprint density at radius 3 is 0.786 bits per heavy atom. The molecule has 0 spiro atoms. The number of hydrogen-bond donors (Lipinski definition) is 0. The molecule has 3 heteroatoms. The van der Waals surface area contributed by atoms with Crippen molar-refractivity contribution in [3.63, 3.8) is 0 Å². The summed E-state index contributed by atoms with van der Waals surface area (Å²) in [5.74, 6) is 0. The van der Waals surface area contributed by atoms with Gasteiger partial charge in [-0.15, -0.1) is 0 Å². The van der Waals surface area contributed by atoms with Gasteiger partial charge in [0.25, 0.3) is 0 Å². The van der Waals surface area contributed by atoms with Crippen molar-refractivity contribution >= 4 is 16.0 Å². The van der Waals surface area contributed by atoms with E-state index >= 15 is 0 Å². The summed E-state index contributed by atoms with van der Waals surface area (Å²) in [6, 6.07) is 0. The molecule has 0 aromatic heterocycles. The predicted molar refractivity (Wildman–Crippen MR) is 54.4 cm³/mol. The van der Waals surface area contributed by atoms with E-state index in [1.807, 2.05) is 64.2 Å². The van der Waals surface area contributed by atoms with Crippen LogP contribution in [-0.4, -0.2) is 16.0 Å². The Morgan fingerprint density at radius 1 is 0.643 bits per heavy atom. The van der Waals surface area contributed by atoms with E-state index in [0.29, 0.717) is 0 Å². The maximum atomic E-state index is 7.26. The Hall–Kier alpha value is 0.594. The molecule has 0 heterocycles. The summed E-state index contributed by atoms with van der Waals surface area (Å²) in [5, 5.41) is 7.26. The van der Waals surface area contributed by atoms with Gasteiger partial charge < -0.3 is 0 Å². The molecule has 0 N–H and O–H groups in total. The van der Waals surface area contributed by atoms with Gasteiger partial charge in [-0.05, 0) is 64.2 Å². The molecule has 2 rings (SSSR count). The summed E-state index contributed by atoms with van der Waals surface area (Å²) in [7, 11) is 0. The van der Waals surface area contributed by atoms with Gasteiger partial charge in [0, 0.05) is 0 Å². The quantitative estimate of drug-likeness (QED) is 0.622. The molecule has 0 aliphatic heterocycles. The third-order valence-corrected chi connectivity index (χ3v) is 1.11. The first kappa shape index (κ1) is 17.0. The normalized spacial score (nSPS) is 17.6. The predicted octanol–water partition coefficient (Wildman–Crippen LogP) is 1.68. The number of nitrogens with zero attached hydrogens (tertiary/aromatic N) is 1. The molecule has 1 nitrogen and oxygen atoms in total. The Kier molecular flexibility index (Phi) is 19.5. The van der Waals surface area contributed by atoms with Crippen LogP contribution in [0.25, 0.3) is 0 Å². The second kappa shape index (κ2) is 16.0. The first-order chi connectivity index (χ1) is 6.41. The summed E-state index contributed by atoms with van der Waals surface area (Å²) in [4.78, 5) is 1.62. The molecule has 0 amide bonds. The summed E-state index contributed by atoms with van der Waals surface area (Å²) in [6.45, 7) is 0. The van der Waals surface area contributed by atoms with Crippen molar-refractivity contribution < 1.29 is 18.6 Å². The van der Waals surface area contributed by atoms with Gasteiger partial charge in [-0.1, -0.05) is 0 Å². The Labute approximate surface area is 109 Å². The zero-order chi connectivity index (χ0) is 9.78. The van der Waals surface area contributed by atoms with Crippen LogP contribution in [-0.2, 0) is 18.6 Å². The van der Waals surface area contributed by atoms with Crippen LogP contribution >= 0.6 is 0 Å². The van der Waals surface area contributed by atoms with Crippen LogP contribution in [0.15, 0.2) is 0 Å². The van der Waals surface area contributed by atoms with Gasteiger partial charge in [-0.2, -0.15) is 0 Å². The van der Waals surface area contributed by atoms with Gasteiger partial charge in [-0.25, -0.2) is 0 Å². The molecule has 2 aliphatic rings. The van der Waals surface area contributed by atoms with E-state index in [1.165, 1.54) is 0 Å². The zero-order valence-electron chi connectivity index (χ0n) is 7.58. The molecular formula is C11H10NSeV+3. The van der Waals surface area contributed by atoms with E-state index in [1.54, 1.807) is 4.97 Å². The third kappa shape index (κ3) is 15.1. The van der Waals surface area contributed by atoms with Crippen LogP contribution in [0.5, 0.6) is 0 Å². The first-order valence-electron chi connectivity index (χ1n) is 3.76. The smallest absolute Gasteiger partial charge is 0.0312 e. The van der Waals surface area contributed by atoms with E-state index in [0.717, 1.165) is 0 Å². The molecule has 0 aromatic carbocycles. The zero-order valence-corrected chi connectivity index (χ0v) is 10.7. The van der Waals surface area contributed by atoms with Gasteiger partial charge in [-0.3, -0.25) is 0 Å². The Morgan fingerprint density at radius 2 is 0.714 bits per heavy atom. The molecule has 0 atom stereocenters. The summed E-state index contributed by atoms with van der Waals surface area (Å²) >= 11 is 2.11. The van der Waals surface area contributed by atoms with Crippen LogP contribution in [0.3, 0.4) is 0 Å². The minimum atomic E-state index is 0. The van der Waals surface area contributed by atoms with Crippen molar-refractivity contribution in [3.8, 4) is 4.97 Å². The van der Waals surface area contributed by atoms with Crippen LogP contribution in [0.1, 0.15) is 0 Å². The molecule has 2 aliphatic carbocycles. The van der Waals surface area contributed by atoms with Crippen LogP contribution in [0, 0.1) is 74.4 Å². The first-order valence-corrected chi connectivity index (χ1v) is 4.62. The molecule has 67 valence electrons. The van der Waals surface area contributed by atoms with Gasteiger partial charge in [0.2, 0.25) is 0 Å². The van der Waals surface area contributed by atoms with E-state index < -0.39 is 0 Å². The molecule has 11 radical (unpaired) electrons. The monoisotopic (exact) mass is 287 g/mol. The maximum Gasteiger partial charge on any atom is 4.00 e. The van der Waals surface area contributed by atoms with Crippen LogP contribution in [0.2, 0.25) is 0 Å². The average molecular weight is 286 g/mol. The van der Waals surface area contributed by atoms with Crippen molar-refractivity contribution in [1.82, 2.24) is 0 Å². The molecule has 0 aromatic rings. The summed E-state index contributed by atoms with van der Waals surface area (Å²) < 4.78 is 0. The van der Waals surface area contributed by atoms with Crippen LogP contribution < -0.4 is 0 Å². The van der Waals surface area contributed by atoms with Gasteiger partial charge in [0.05, 0.1) is 0 Å². The fourth-order valence-corrected chi connectivity index (χ4v) is 0.642. The van der Waals surface area contributed by atoms with Crippen molar-refractivity contribution in [2.45, 2.75) is 0 Å². The average Bonchev–Trinajstić information content (AvgIpc) is 2.85. The van der Waals surface area contributed by atoms with Gasteiger partial charge in [0.1, 0.15) is 0 Å². The standard InChI is InChI=1S/2C5H5.CHNSe.V/c2*1-2-4-5-3-1;2-1-3;/h2*1-5H;3H;/q;;;+4/p-1. The van der Waals surface area contributed by atoms with E-state index in [2.05, 4.69) is 16.0 Å². The molecule has 2 saturated carbocycles. The number of nitriles is 1. The topological polar surface area (TPSA) is 23.8 Å². The number of hydrogen-bond acceptors (Lipinski definition) is 1. The maximum absolute atomic E-state index is 7.26. The van der Waals surface area contributed by atoms with Crippen molar-refractivity contribution in [1.29, 1.82) is 5.26 Å². The fraction of sp³-hybridized carbons (Fsp3) is 0. The van der Waals surface area contributed by atoms with E-state index in [4.69, 9.17) is 5.26 Å². The SMILES string of the molecule is N#C[Se-].[CH]1[CH][CH][CH][CH]1.[CH]1[CH][CH][CH][CH]1.[V+4]. The van der Waals surface area contributed by atoms with E-state index in [9.17, 15) is 0 Å². The van der Waals surface area contributed by atoms with Crippen LogP contribution in [0.4, 0.5) is 0 Å². The second-order valence-corrected chi connectivity index (χ2v) is 2.40. The minimum Gasteiger partial charge on any atom is -0.0312 e. The van der Waals surface area contributed by atoms with Crippen molar-refractivity contribution in [3.05, 3.63) is 64.2 Å².